The zero-order valence-electron chi connectivity index (χ0n) is 11.2. The zero-order valence-corrected chi connectivity index (χ0v) is 14.8. The maximum atomic E-state index is 6.33. The van der Waals surface area contributed by atoms with E-state index in [-0.39, 0.29) is 6.04 Å². The van der Waals surface area contributed by atoms with E-state index < -0.39 is 0 Å². The fourth-order valence-electron chi connectivity index (χ4n) is 2.22. The maximum Gasteiger partial charge on any atom is 0.0468 e. The van der Waals surface area contributed by atoms with Crippen molar-refractivity contribution in [1.82, 2.24) is 5.32 Å². The molecule has 0 spiro atoms. The van der Waals surface area contributed by atoms with Crippen LogP contribution in [0, 0.1) is 3.57 Å². The van der Waals surface area contributed by atoms with Crippen LogP contribution in [0.3, 0.4) is 0 Å². The molecule has 0 bridgehead atoms. The van der Waals surface area contributed by atoms with Gasteiger partial charge in [-0.1, -0.05) is 48.3 Å². The lowest BCUT2D eigenvalue weighted by Gasteiger charge is -2.21. The first-order valence-electron chi connectivity index (χ1n) is 6.53. The Morgan fingerprint density at radius 2 is 1.65 bits per heavy atom. The number of benzene rings is 2. The van der Waals surface area contributed by atoms with Gasteiger partial charge in [0.1, 0.15) is 0 Å². The Morgan fingerprint density at radius 3 is 2.20 bits per heavy atom. The minimum Gasteiger partial charge on any atom is -0.310 e. The molecule has 106 valence electrons. The van der Waals surface area contributed by atoms with Gasteiger partial charge in [0.15, 0.2) is 0 Å². The highest BCUT2D eigenvalue weighted by molar-refractivity contribution is 14.1. The van der Waals surface area contributed by atoms with Crippen molar-refractivity contribution in [3.63, 3.8) is 0 Å². The van der Waals surface area contributed by atoms with E-state index in [2.05, 4.69) is 59.1 Å². The molecule has 1 unspecified atom stereocenters. The topological polar surface area (TPSA) is 12.0 Å². The molecule has 0 aliphatic rings. The van der Waals surface area contributed by atoms with Gasteiger partial charge >= 0.3 is 0 Å². The monoisotopic (exact) mass is 419 g/mol. The average molecular weight is 420 g/mol. The lowest BCUT2D eigenvalue weighted by Crippen LogP contribution is -2.23. The van der Waals surface area contributed by atoms with Gasteiger partial charge in [-0.05, 0) is 65.4 Å². The highest BCUT2D eigenvalue weighted by Crippen LogP contribution is 2.32. The first-order chi connectivity index (χ1) is 9.61. The molecule has 0 fully saturated rings. The minimum atomic E-state index is 0.126. The molecular weight excluding hydrogens is 404 g/mol. The van der Waals surface area contributed by atoms with Crippen LogP contribution in [-0.2, 0) is 6.42 Å². The predicted molar refractivity (Wildman–Crippen MR) is 95.7 cm³/mol. The van der Waals surface area contributed by atoms with Gasteiger partial charge < -0.3 is 5.32 Å². The predicted octanol–water partition coefficient (Wildman–Crippen LogP) is 5.49. The highest BCUT2D eigenvalue weighted by atomic mass is 127. The Labute approximate surface area is 143 Å². The molecular formula is C16H16Cl2IN. The summed E-state index contributed by atoms with van der Waals surface area (Å²) in [4.78, 5) is 0. The lowest BCUT2D eigenvalue weighted by atomic mass is 9.98. The van der Waals surface area contributed by atoms with Crippen LogP contribution in [0.1, 0.15) is 24.1 Å². The van der Waals surface area contributed by atoms with E-state index in [9.17, 15) is 0 Å². The van der Waals surface area contributed by atoms with E-state index in [1.54, 1.807) is 0 Å². The molecule has 0 aromatic heterocycles. The number of hydrogen-bond donors (Lipinski definition) is 1. The molecule has 1 atom stereocenters. The fraction of sp³-hybridized carbons (Fsp3) is 0.250. The second-order valence-corrected chi connectivity index (χ2v) is 6.64. The number of hydrogen-bond acceptors (Lipinski definition) is 1. The second kappa shape index (κ2) is 7.64. The van der Waals surface area contributed by atoms with Crippen LogP contribution in [0.2, 0.25) is 10.0 Å². The van der Waals surface area contributed by atoms with Crippen LogP contribution in [0.5, 0.6) is 0 Å². The summed E-state index contributed by atoms with van der Waals surface area (Å²) in [6.45, 7) is 2.96. The van der Waals surface area contributed by atoms with Gasteiger partial charge in [0.2, 0.25) is 0 Å². The summed E-state index contributed by atoms with van der Waals surface area (Å²) in [5.74, 6) is 0. The van der Waals surface area contributed by atoms with Gasteiger partial charge in [0.25, 0.3) is 0 Å². The van der Waals surface area contributed by atoms with Crippen molar-refractivity contribution in [3.05, 3.63) is 67.2 Å². The second-order valence-electron chi connectivity index (χ2n) is 4.58. The summed E-state index contributed by atoms with van der Waals surface area (Å²) in [6, 6.07) is 14.3. The number of likely N-dealkylation sites (N-methyl/N-ethyl adjacent to an activating group) is 1. The van der Waals surface area contributed by atoms with Gasteiger partial charge in [-0.3, -0.25) is 0 Å². The van der Waals surface area contributed by atoms with Gasteiger partial charge in [-0.25, -0.2) is 0 Å². The zero-order chi connectivity index (χ0) is 14.5. The smallest absolute Gasteiger partial charge is 0.0468 e. The molecule has 0 saturated heterocycles. The summed E-state index contributed by atoms with van der Waals surface area (Å²) in [6.07, 6.45) is 0.869. The summed E-state index contributed by atoms with van der Waals surface area (Å²) >= 11 is 15.0. The van der Waals surface area contributed by atoms with E-state index >= 15 is 0 Å². The molecule has 0 aliphatic carbocycles. The quantitative estimate of drug-likeness (QED) is 0.631. The molecule has 2 aromatic carbocycles. The lowest BCUT2D eigenvalue weighted by molar-refractivity contribution is 0.550. The fourth-order valence-corrected chi connectivity index (χ4v) is 3.24. The van der Waals surface area contributed by atoms with E-state index in [0.29, 0.717) is 10.0 Å². The van der Waals surface area contributed by atoms with Crippen molar-refractivity contribution in [2.75, 3.05) is 6.54 Å². The SMILES string of the molecule is CCNC(Cc1ccc(I)cc1)c1c(Cl)cccc1Cl. The molecule has 2 aromatic rings. The normalized spacial score (nSPS) is 12.4. The minimum absolute atomic E-state index is 0.126. The molecule has 1 nitrogen and oxygen atoms in total. The molecule has 0 aliphatic heterocycles. The molecule has 0 amide bonds. The molecule has 1 N–H and O–H groups in total. The molecule has 4 heteroatoms. The number of nitrogens with one attached hydrogen (secondary N) is 1. The first kappa shape index (κ1) is 16.1. The van der Waals surface area contributed by atoms with Crippen molar-refractivity contribution in [2.45, 2.75) is 19.4 Å². The van der Waals surface area contributed by atoms with Gasteiger partial charge in [-0.15, -0.1) is 0 Å². The van der Waals surface area contributed by atoms with Crippen molar-refractivity contribution < 1.29 is 0 Å². The third kappa shape index (κ3) is 4.10. The molecule has 2 rings (SSSR count). The van der Waals surface area contributed by atoms with Crippen LogP contribution in [0.15, 0.2) is 42.5 Å². The van der Waals surface area contributed by atoms with Gasteiger partial charge in [0, 0.05) is 25.2 Å². The van der Waals surface area contributed by atoms with Crippen LogP contribution >= 0.6 is 45.8 Å². The third-order valence-electron chi connectivity index (χ3n) is 3.15. The van der Waals surface area contributed by atoms with Crippen molar-refractivity contribution in [1.29, 1.82) is 0 Å². The van der Waals surface area contributed by atoms with Crippen LogP contribution in [-0.4, -0.2) is 6.54 Å². The van der Waals surface area contributed by atoms with Crippen LogP contribution in [0.4, 0.5) is 0 Å². The molecule has 0 saturated carbocycles. The van der Waals surface area contributed by atoms with E-state index in [1.807, 2.05) is 18.2 Å². The maximum absolute atomic E-state index is 6.33. The molecule has 20 heavy (non-hydrogen) atoms. The van der Waals surface area contributed by atoms with Crippen LogP contribution < -0.4 is 5.32 Å². The van der Waals surface area contributed by atoms with E-state index in [0.717, 1.165) is 18.5 Å². The number of rotatable bonds is 5. The Morgan fingerprint density at radius 1 is 1.05 bits per heavy atom. The van der Waals surface area contributed by atoms with E-state index in [4.69, 9.17) is 23.2 Å². The molecule has 0 heterocycles. The van der Waals surface area contributed by atoms with Crippen LogP contribution in [0.25, 0.3) is 0 Å². The molecule has 0 radical (unpaired) electrons. The largest absolute Gasteiger partial charge is 0.310 e. The Hall–Kier alpha value is -0.290. The first-order valence-corrected chi connectivity index (χ1v) is 8.37. The summed E-state index contributed by atoms with van der Waals surface area (Å²) in [7, 11) is 0. The summed E-state index contributed by atoms with van der Waals surface area (Å²) < 4.78 is 1.24. The highest BCUT2D eigenvalue weighted by Gasteiger charge is 2.17. The summed E-state index contributed by atoms with van der Waals surface area (Å²) in [5.41, 5.74) is 2.25. The van der Waals surface area contributed by atoms with Gasteiger partial charge in [-0.2, -0.15) is 0 Å². The van der Waals surface area contributed by atoms with Gasteiger partial charge in [0.05, 0.1) is 0 Å². The standard InChI is InChI=1S/C16H16Cl2IN/c1-2-20-15(10-11-6-8-12(19)9-7-11)16-13(17)4-3-5-14(16)18/h3-9,15,20H,2,10H2,1H3. The van der Waals surface area contributed by atoms with E-state index in [1.165, 1.54) is 9.13 Å². The summed E-state index contributed by atoms with van der Waals surface area (Å²) in [5, 5.41) is 4.91. The number of halogens is 3. The Balaban J connectivity index is 2.29. The van der Waals surface area contributed by atoms with Crippen molar-refractivity contribution in [3.8, 4) is 0 Å². The third-order valence-corrected chi connectivity index (χ3v) is 4.53. The Kier molecular flexibility index (Phi) is 6.15. The Bertz CT molecular complexity index is 549. The van der Waals surface area contributed by atoms with Crippen molar-refractivity contribution in [2.24, 2.45) is 0 Å². The average Bonchev–Trinajstić information content (AvgIpc) is 2.41. The van der Waals surface area contributed by atoms with Crippen molar-refractivity contribution >= 4 is 45.8 Å².